The Labute approximate surface area is 206 Å². The third-order valence-electron chi connectivity index (χ3n) is 5.87. The minimum atomic E-state index is -4.35. The first-order valence-electron chi connectivity index (χ1n) is 11.0. The molecule has 0 aliphatic carbocycles. The molecule has 0 amide bonds. The number of rotatable bonds is 5. The van der Waals surface area contributed by atoms with Gasteiger partial charge in [-0.05, 0) is 42.2 Å². The van der Waals surface area contributed by atoms with Crippen LogP contribution in [0.1, 0.15) is 32.8 Å². The standard InChI is InChI=1S/C23H24N4O7S2/c1-23(2,3)9-10-27-19-15-8-7-14(34-15)17(19)20(28)18(22(27)29)21-24-13-6-5-12(25-35(4,30)31)11-16(13)36(32,33)26-21/h5-8,11,25,28H,9-10H2,1-4H3,(H,24,26). The van der Waals surface area contributed by atoms with Gasteiger partial charge in [-0.2, -0.15) is 8.42 Å². The molecule has 4 heterocycles. The summed E-state index contributed by atoms with van der Waals surface area (Å²) in [4.78, 5) is 13.4. The quantitative estimate of drug-likeness (QED) is 0.353. The van der Waals surface area contributed by atoms with Crippen LogP contribution in [0, 0.1) is 5.41 Å². The van der Waals surface area contributed by atoms with Gasteiger partial charge in [0.2, 0.25) is 10.0 Å². The maximum Gasteiger partial charge on any atom is 0.286 e. The fourth-order valence-corrected chi connectivity index (χ4v) is 5.92. The Kier molecular flexibility index (Phi) is 5.17. The number of nitrogens with zero attached hydrogens (tertiary/aromatic N) is 2. The van der Waals surface area contributed by atoms with Crippen molar-refractivity contribution in [3.05, 3.63) is 46.2 Å². The summed E-state index contributed by atoms with van der Waals surface area (Å²) >= 11 is 0. The van der Waals surface area contributed by atoms with Gasteiger partial charge < -0.3 is 19.4 Å². The number of aromatic hydroxyl groups is 1. The maximum atomic E-state index is 13.7. The summed E-state index contributed by atoms with van der Waals surface area (Å²) in [5, 5.41) is 14.3. The Morgan fingerprint density at radius 1 is 1.17 bits per heavy atom. The molecule has 1 aliphatic rings. The van der Waals surface area contributed by atoms with Gasteiger partial charge in [-0.3, -0.25) is 9.52 Å². The van der Waals surface area contributed by atoms with Crippen molar-refractivity contribution in [2.24, 2.45) is 9.81 Å². The number of hydrogen-bond acceptors (Lipinski definition) is 8. The monoisotopic (exact) mass is 532 g/mol. The number of pyridine rings is 1. The zero-order valence-electron chi connectivity index (χ0n) is 19.9. The molecule has 3 aromatic heterocycles. The van der Waals surface area contributed by atoms with E-state index in [0.29, 0.717) is 35.0 Å². The second-order valence-electron chi connectivity index (χ2n) is 10.0. The third kappa shape index (κ3) is 4.07. The number of furan rings is 2. The van der Waals surface area contributed by atoms with Gasteiger partial charge in [-0.15, -0.1) is 4.40 Å². The second kappa shape index (κ2) is 7.71. The molecule has 1 aromatic carbocycles. The van der Waals surface area contributed by atoms with E-state index in [-0.39, 0.29) is 33.1 Å². The predicted octanol–water partition coefficient (Wildman–Crippen LogP) is 3.26. The number of anilines is 2. The molecule has 0 atom stereocenters. The van der Waals surface area contributed by atoms with Crippen LogP contribution in [0.4, 0.5) is 11.4 Å². The number of nitrogens with one attached hydrogen (secondary N) is 2. The minimum absolute atomic E-state index is 0.0403. The average Bonchev–Trinajstić information content (AvgIpc) is 3.34. The van der Waals surface area contributed by atoms with Gasteiger partial charge in [0.1, 0.15) is 27.3 Å². The molecule has 13 heteroatoms. The molecule has 0 radical (unpaired) electrons. The smallest absolute Gasteiger partial charge is 0.286 e. The number of fused-ring (bicyclic) bond motifs is 6. The first-order chi connectivity index (χ1) is 16.6. The molecule has 2 bridgehead atoms. The highest BCUT2D eigenvalue weighted by molar-refractivity contribution is 7.92. The summed E-state index contributed by atoms with van der Waals surface area (Å²) in [5.41, 5.74) is 0.352. The molecule has 3 N–H and O–H groups in total. The normalized spacial score (nSPS) is 15.6. The van der Waals surface area contributed by atoms with E-state index in [4.69, 9.17) is 4.42 Å². The van der Waals surface area contributed by atoms with Crippen LogP contribution >= 0.6 is 0 Å². The topological polar surface area (TPSA) is 160 Å². The van der Waals surface area contributed by atoms with Crippen molar-refractivity contribution < 1.29 is 26.4 Å². The van der Waals surface area contributed by atoms with Gasteiger partial charge in [0.05, 0.1) is 17.3 Å². The lowest BCUT2D eigenvalue weighted by Gasteiger charge is -2.22. The van der Waals surface area contributed by atoms with E-state index in [2.05, 4.69) is 14.4 Å². The van der Waals surface area contributed by atoms with E-state index in [9.17, 15) is 26.7 Å². The highest BCUT2D eigenvalue weighted by Crippen LogP contribution is 2.39. The molecule has 0 unspecified atom stereocenters. The highest BCUT2D eigenvalue weighted by atomic mass is 32.2. The lowest BCUT2D eigenvalue weighted by Crippen LogP contribution is -2.33. The van der Waals surface area contributed by atoms with Crippen molar-refractivity contribution in [3.8, 4) is 5.75 Å². The van der Waals surface area contributed by atoms with E-state index in [1.807, 2.05) is 20.8 Å². The molecule has 190 valence electrons. The predicted molar refractivity (Wildman–Crippen MR) is 137 cm³/mol. The zero-order chi connectivity index (χ0) is 26.2. The lowest BCUT2D eigenvalue weighted by molar-refractivity contribution is 0.350. The maximum absolute atomic E-state index is 13.7. The largest absolute Gasteiger partial charge is 0.506 e. The molecule has 0 saturated carbocycles. The van der Waals surface area contributed by atoms with Crippen molar-refractivity contribution in [1.29, 1.82) is 0 Å². The van der Waals surface area contributed by atoms with Gasteiger partial charge in [-0.1, -0.05) is 20.8 Å². The Hall–Kier alpha value is -3.58. The number of hydrogen-bond donors (Lipinski definition) is 3. The fourth-order valence-electron chi connectivity index (χ4n) is 4.22. The molecule has 11 nitrogen and oxygen atoms in total. The fraction of sp³-hybridized carbons (Fsp3) is 0.304. The summed E-state index contributed by atoms with van der Waals surface area (Å²) in [6, 6.07) is 7.24. The first kappa shape index (κ1) is 24.1. The van der Waals surface area contributed by atoms with E-state index in [1.54, 1.807) is 12.1 Å². The summed E-state index contributed by atoms with van der Waals surface area (Å²) in [5.74, 6) is -0.768. The summed E-state index contributed by atoms with van der Waals surface area (Å²) in [6.45, 7) is 6.41. The van der Waals surface area contributed by atoms with Crippen LogP contribution in [0.15, 0.2) is 48.8 Å². The van der Waals surface area contributed by atoms with Crippen molar-refractivity contribution in [3.63, 3.8) is 0 Å². The number of benzene rings is 2. The van der Waals surface area contributed by atoms with Crippen molar-refractivity contribution >= 4 is 59.3 Å². The Balaban J connectivity index is 1.69. The average molecular weight is 533 g/mol. The van der Waals surface area contributed by atoms with Crippen LogP contribution in [0.5, 0.6) is 5.75 Å². The lowest BCUT2D eigenvalue weighted by atomic mass is 9.92. The molecular formula is C23H24N4O7S2. The minimum Gasteiger partial charge on any atom is -0.506 e. The van der Waals surface area contributed by atoms with Crippen LogP contribution in [-0.4, -0.2) is 38.6 Å². The highest BCUT2D eigenvalue weighted by Gasteiger charge is 2.32. The molecule has 1 aliphatic heterocycles. The van der Waals surface area contributed by atoms with Gasteiger partial charge in [0.25, 0.3) is 15.6 Å². The van der Waals surface area contributed by atoms with Crippen LogP contribution in [0.3, 0.4) is 0 Å². The van der Waals surface area contributed by atoms with Gasteiger partial charge >= 0.3 is 0 Å². The van der Waals surface area contributed by atoms with E-state index < -0.39 is 31.4 Å². The molecule has 5 rings (SSSR count). The van der Waals surface area contributed by atoms with E-state index >= 15 is 0 Å². The summed E-state index contributed by atoms with van der Waals surface area (Å²) < 4.78 is 62.4. The molecular weight excluding hydrogens is 508 g/mol. The first-order valence-corrected chi connectivity index (χ1v) is 14.3. The molecule has 36 heavy (non-hydrogen) atoms. The van der Waals surface area contributed by atoms with Crippen LogP contribution in [-0.2, 0) is 26.6 Å². The summed E-state index contributed by atoms with van der Waals surface area (Å²) in [7, 11) is -7.99. The van der Waals surface area contributed by atoms with Gasteiger partial charge in [0.15, 0.2) is 11.4 Å². The van der Waals surface area contributed by atoms with Crippen LogP contribution in [0.25, 0.3) is 22.1 Å². The van der Waals surface area contributed by atoms with Gasteiger partial charge in [0, 0.05) is 12.2 Å². The van der Waals surface area contributed by atoms with Crippen molar-refractivity contribution in [2.45, 2.75) is 38.6 Å². The SMILES string of the molecule is CC(C)(C)CCn1c(=O)c(C2=NS(=O)(=O)c3cc(NS(C)(=O)=O)ccc3N2)c(O)c2c3ccc(o3)c21. The number of sulfonamides is 2. The van der Waals surface area contributed by atoms with Gasteiger partial charge in [-0.25, -0.2) is 8.42 Å². The van der Waals surface area contributed by atoms with Crippen molar-refractivity contribution in [1.82, 2.24) is 4.57 Å². The summed E-state index contributed by atoms with van der Waals surface area (Å²) in [6.07, 6.45) is 1.58. The number of aryl methyl sites for hydroxylation is 1. The van der Waals surface area contributed by atoms with E-state index in [0.717, 1.165) is 12.3 Å². The molecule has 0 fully saturated rings. The molecule has 0 spiro atoms. The Morgan fingerprint density at radius 2 is 1.86 bits per heavy atom. The van der Waals surface area contributed by atoms with E-state index in [1.165, 1.54) is 16.7 Å². The number of amidine groups is 1. The third-order valence-corrected chi connectivity index (χ3v) is 7.80. The molecule has 4 aromatic rings. The zero-order valence-corrected chi connectivity index (χ0v) is 21.5. The molecule has 0 saturated heterocycles. The van der Waals surface area contributed by atoms with Crippen LogP contribution < -0.4 is 15.6 Å². The number of aromatic nitrogens is 1. The Morgan fingerprint density at radius 3 is 2.53 bits per heavy atom. The second-order valence-corrected chi connectivity index (χ2v) is 13.3. The van der Waals surface area contributed by atoms with Crippen molar-refractivity contribution in [2.75, 3.05) is 16.3 Å². The van der Waals surface area contributed by atoms with Crippen LogP contribution in [0.2, 0.25) is 0 Å². The Bertz CT molecular complexity index is 1840.